The summed E-state index contributed by atoms with van der Waals surface area (Å²) in [4.78, 5) is 17.8. The van der Waals surface area contributed by atoms with Gasteiger partial charge < -0.3 is 10.2 Å². The first-order valence-electron chi connectivity index (χ1n) is 6.08. The summed E-state index contributed by atoms with van der Waals surface area (Å²) >= 11 is 0. The zero-order chi connectivity index (χ0) is 13.0. The molecule has 0 unspecified atom stereocenters. The van der Waals surface area contributed by atoms with Gasteiger partial charge in [-0.1, -0.05) is 6.92 Å². The third kappa shape index (κ3) is 2.51. The van der Waals surface area contributed by atoms with Crippen molar-refractivity contribution in [3.8, 4) is 0 Å². The number of fused-ring (bicyclic) bond motifs is 1. The van der Waals surface area contributed by atoms with Crippen molar-refractivity contribution in [3.05, 3.63) is 22.9 Å². The van der Waals surface area contributed by atoms with Crippen LogP contribution in [-0.4, -0.2) is 46.3 Å². The van der Waals surface area contributed by atoms with Gasteiger partial charge in [0.1, 0.15) is 12.1 Å². The molecule has 0 spiro atoms. The molecular weight excluding hydrogens is 232 g/mol. The summed E-state index contributed by atoms with van der Waals surface area (Å²) in [7, 11) is 1.92. The van der Waals surface area contributed by atoms with Gasteiger partial charge in [-0.25, -0.2) is 19.3 Å². The normalized spacial score (nSPS) is 11.0. The largest absolute Gasteiger partial charge is 0.355 e. The number of aromatic nitrogens is 4. The third-order valence-electron chi connectivity index (χ3n) is 2.74. The van der Waals surface area contributed by atoms with Crippen molar-refractivity contribution in [1.82, 2.24) is 24.9 Å². The van der Waals surface area contributed by atoms with Gasteiger partial charge in [-0.3, -0.25) is 0 Å². The van der Waals surface area contributed by atoms with Gasteiger partial charge in [0, 0.05) is 25.7 Å². The number of H-pyrrole nitrogens is 1. The molecule has 0 aromatic carbocycles. The smallest absolute Gasteiger partial charge is 0.348 e. The number of nitrogens with zero attached hydrogens (tertiary/aromatic N) is 4. The summed E-state index contributed by atoms with van der Waals surface area (Å²) in [5, 5.41) is 9.47. The molecule has 2 heterocycles. The van der Waals surface area contributed by atoms with Crippen LogP contribution < -0.4 is 15.9 Å². The number of hydrogen-bond donors (Lipinski definition) is 2. The van der Waals surface area contributed by atoms with E-state index in [1.54, 1.807) is 0 Å². The molecule has 0 saturated carbocycles. The fraction of sp³-hybridized carbons (Fsp3) is 0.545. The van der Waals surface area contributed by atoms with Crippen molar-refractivity contribution in [3.63, 3.8) is 0 Å². The minimum absolute atomic E-state index is 0.263. The number of aromatic amines is 1. The highest BCUT2D eigenvalue weighted by atomic mass is 16.1. The van der Waals surface area contributed by atoms with Crippen molar-refractivity contribution in [2.45, 2.75) is 13.3 Å². The first kappa shape index (κ1) is 12.6. The Hall–Kier alpha value is -1.89. The lowest BCUT2D eigenvalue weighted by Gasteiger charge is -2.22. The van der Waals surface area contributed by atoms with Crippen LogP contribution in [0.3, 0.4) is 0 Å². The zero-order valence-corrected chi connectivity index (χ0v) is 10.7. The SMILES string of the molecule is CCCN(CCNC)c1cc2n[nH]c(=O)n2cn1. The predicted octanol–water partition coefficient (Wildman–Crippen LogP) is -0.147. The second-order valence-electron chi connectivity index (χ2n) is 4.09. The van der Waals surface area contributed by atoms with E-state index in [4.69, 9.17) is 0 Å². The Morgan fingerprint density at radius 3 is 3.06 bits per heavy atom. The van der Waals surface area contributed by atoms with E-state index in [1.165, 1.54) is 10.7 Å². The van der Waals surface area contributed by atoms with Gasteiger partial charge in [0.05, 0.1) is 0 Å². The van der Waals surface area contributed by atoms with Gasteiger partial charge in [0.25, 0.3) is 0 Å². The van der Waals surface area contributed by atoms with Crippen LogP contribution in [0.4, 0.5) is 5.82 Å². The molecule has 7 heteroatoms. The molecule has 0 atom stereocenters. The number of rotatable bonds is 6. The number of nitrogens with one attached hydrogen (secondary N) is 2. The average Bonchev–Trinajstić information content (AvgIpc) is 2.76. The van der Waals surface area contributed by atoms with E-state index in [2.05, 4.69) is 32.3 Å². The lowest BCUT2D eigenvalue weighted by atomic mass is 10.3. The van der Waals surface area contributed by atoms with Crippen molar-refractivity contribution >= 4 is 11.5 Å². The van der Waals surface area contributed by atoms with E-state index in [0.717, 1.165) is 31.9 Å². The second kappa shape index (κ2) is 5.63. The van der Waals surface area contributed by atoms with E-state index in [-0.39, 0.29) is 5.69 Å². The van der Waals surface area contributed by atoms with Gasteiger partial charge in [-0.2, -0.15) is 5.10 Å². The summed E-state index contributed by atoms with van der Waals surface area (Å²) < 4.78 is 1.39. The number of hydrogen-bond acceptors (Lipinski definition) is 5. The molecule has 98 valence electrons. The molecule has 2 N–H and O–H groups in total. The van der Waals surface area contributed by atoms with Gasteiger partial charge in [-0.05, 0) is 13.5 Å². The van der Waals surface area contributed by atoms with E-state index in [9.17, 15) is 4.79 Å². The molecular formula is C11H18N6O. The quantitative estimate of drug-likeness (QED) is 0.745. The number of likely N-dealkylation sites (N-methyl/N-ethyl adjacent to an activating group) is 1. The second-order valence-corrected chi connectivity index (χ2v) is 4.09. The number of anilines is 1. The van der Waals surface area contributed by atoms with Gasteiger partial charge in [0.2, 0.25) is 0 Å². The summed E-state index contributed by atoms with van der Waals surface area (Å²) in [5.74, 6) is 0.846. The fourth-order valence-electron chi connectivity index (χ4n) is 1.83. The third-order valence-corrected chi connectivity index (χ3v) is 2.74. The molecule has 0 radical (unpaired) electrons. The Morgan fingerprint density at radius 1 is 1.50 bits per heavy atom. The standard InChI is InChI=1S/C11H18N6O/c1-3-5-16(6-4-12-2)9-7-10-14-15-11(18)17(10)8-13-9/h7-8,12H,3-6H2,1-2H3,(H,15,18). The first-order chi connectivity index (χ1) is 8.76. The van der Waals surface area contributed by atoms with Crippen LogP contribution in [-0.2, 0) is 0 Å². The van der Waals surface area contributed by atoms with Gasteiger partial charge in [0.15, 0.2) is 5.65 Å². The Morgan fingerprint density at radius 2 is 2.33 bits per heavy atom. The van der Waals surface area contributed by atoms with Crippen molar-refractivity contribution in [2.24, 2.45) is 0 Å². The maximum absolute atomic E-state index is 11.3. The minimum Gasteiger partial charge on any atom is -0.355 e. The van der Waals surface area contributed by atoms with Gasteiger partial charge in [-0.15, -0.1) is 0 Å². The summed E-state index contributed by atoms with van der Waals surface area (Å²) in [6, 6.07) is 1.82. The Balaban J connectivity index is 2.28. The highest BCUT2D eigenvalue weighted by molar-refractivity contribution is 5.50. The molecule has 2 aromatic heterocycles. The van der Waals surface area contributed by atoms with E-state index >= 15 is 0 Å². The zero-order valence-electron chi connectivity index (χ0n) is 10.7. The van der Waals surface area contributed by atoms with Crippen LogP contribution >= 0.6 is 0 Å². The molecule has 0 saturated heterocycles. The molecule has 2 aromatic rings. The lowest BCUT2D eigenvalue weighted by Crippen LogP contribution is -2.32. The Bertz CT molecular complexity index is 560. The average molecular weight is 250 g/mol. The highest BCUT2D eigenvalue weighted by Gasteiger charge is 2.09. The van der Waals surface area contributed by atoms with E-state index in [1.807, 2.05) is 13.1 Å². The molecule has 7 nitrogen and oxygen atoms in total. The monoisotopic (exact) mass is 250 g/mol. The predicted molar refractivity (Wildman–Crippen MR) is 70.0 cm³/mol. The fourth-order valence-corrected chi connectivity index (χ4v) is 1.83. The maximum Gasteiger partial charge on any atom is 0.348 e. The lowest BCUT2D eigenvalue weighted by molar-refractivity contribution is 0.701. The van der Waals surface area contributed by atoms with Crippen LogP contribution in [0.25, 0.3) is 5.65 Å². The molecule has 18 heavy (non-hydrogen) atoms. The Labute approximate surface area is 105 Å². The summed E-state index contributed by atoms with van der Waals surface area (Å²) in [6.45, 7) is 4.83. The highest BCUT2D eigenvalue weighted by Crippen LogP contribution is 2.11. The minimum atomic E-state index is -0.263. The molecule has 0 fully saturated rings. The molecule has 0 aliphatic rings. The van der Waals surface area contributed by atoms with E-state index in [0.29, 0.717) is 5.65 Å². The molecule has 0 bridgehead atoms. The molecule has 0 aliphatic carbocycles. The van der Waals surface area contributed by atoms with Crippen LogP contribution in [0.15, 0.2) is 17.2 Å². The van der Waals surface area contributed by atoms with Crippen molar-refractivity contribution in [1.29, 1.82) is 0 Å². The van der Waals surface area contributed by atoms with Crippen molar-refractivity contribution in [2.75, 3.05) is 31.6 Å². The summed E-state index contributed by atoms with van der Waals surface area (Å²) in [5.41, 5.74) is 0.330. The van der Waals surface area contributed by atoms with E-state index < -0.39 is 0 Å². The van der Waals surface area contributed by atoms with Crippen LogP contribution in [0.2, 0.25) is 0 Å². The molecule has 0 amide bonds. The molecule has 0 aliphatic heterocycles. The first-order valence-corrected chi connectivity index (χ1v) is 6.08. The van der Waals surface area contributed by atoms with Crippen LogP contribution in [0.1, 0.15) is 13.3 Å². The Kier molecular flexibility index (Phi) is 3.93. The van der Waals surface area contributed by atoms with Gasteiger partial charge >= 0.3 is 5.69 Å². The summed E-state index contributed by atoms with van der Waals surface area (Å²) in [6.07, 6.45) is 2.56. The maximum atomic E-state index is 11.3. The van der Waals surface area contributed by atoms with Crippen LogP contribution in [0, 0.1) is 0 Å². The van der Waals surface area contributed by atoms with Crippen LogP contribution in [0.5, 0.6) is 0 Å². The molecule has 2 rings (SSSR count). The topological polar surface area (TPSA) is 78.3 Å². The van der Waals surface area contributed by atoms with Crippen molar-refractivity contribution < 1.29 is 0 Å².